The van der Waals surface area contributed by atoms with Crippen LogP contribution in [0.5, 0.6) is 0 Å². The first-order valence-corrected chi connectivity index (χ1v) is 9.06. The molecule has 0 saturated carbocycles. The van der Waals surface area contributed by atoms with E-state index in [1.165, 1.54) is 16.5 Å². The zero-order valence-corrected chi connectivity index (χ0v) is 14.7. The molecule has 4 heteroatoms. The molecule has 1 atom stereocenters. The van der Waals surface area contributed by atoms with Gasteiger partial charge in [-0.3, -0.25) is 9.88 Å². The molecular formula is C21H25N3O. The summed E-state index contributed by atoms with van der Waals surface area (Å²) in [6.07, 6.45) is 5.60. The van der Waals surface area contributed by atoms with Crippen molar-refractivity contribution in [2.75, 3.05) is 13.1 Å². The number of rotatable bonds is 4. The summed E-state index contributed by atoms with van der Waals surface area (Å²) in [6, 6.07) is 14.4. The van der Waals surface area contributed by atoms with Crippen molar-refractivity contribution in [3.63, 3.8) is 0 Å². The maximum atomic E-state index is 10.6. The number of fused-ring (bicyclic) bond motifs is 1. The van der Waals surface area contributed by atoms with Gasteiger partial charge >= 0.3 is 0 Å². The summed E-state index contributed by atoms with van der Waals surface area (Å²) in [6.45, 7) is 3.03. The molecule has 1 saturated heterocycles. The highest BCUT2D eigenvalue weighted by Gasteiger charge is 2.27. The summed E-state index contributed by atoms with van der Waals surface area (Å²) in [4.78, 5) is 6.81. The van der Waals surface area contributed by atoms with Crippen LogP contribution in [0.25, 0.3) is 10.9 Å². The normalized spacial score (nSPS) is 17.8. The summed E-state index contributed by atoms with van der Waals surface area (Å²) in [7, 11) is 2.11. The first kappa shape index (κ1) is 16.3. The van der Waals surface area contributed by atoms with E-state index in [-0.39, 0.29) is 0 Å². The molecule has 1 aromatic carbocycles. The van der Waals surface area contributed by atoms with Crippen LogP contribution >= 0.6 is 0 Å². The van der Waals surface area contributed by atoms with Crippen LogP contribution in [-0.4, -0.2) is 32.6 Å². The zero-order chi connectivity index (χ0) is 17.2. The van der Waals surface area contributed by atoms with Gasteiger partial charge in [0, 0.05) is 36.9 Å². The van der Waals surface area contributed by atoms with E-state index in [9.17, 15) is 5.11 Å². The maximum Gasteiger partial charge on any atom is 0.0988 e. The van der Waals surface area contributed by atoms with E-state index in [0.717, 1.165) is 38.2 Å². The zero-order valence-electron chi connectivity index (χ0n) is 14.7. The van der Waals surface area contributed by atoms with Gasteiger partial charge in [0.2, 0.25) is 0 Å². The van der Waals surface area contributed by atoms with Crippen molar-refractivity contribution >= 4 is 10.9 Å². The van der Waals surface area contributed by atoms with Gasteiger partial charge in [-0.05, 0) is 55.6 Å². The number of aliphatic hydroxyl groups is 1. The van der Waals surface area contributed by atoms with Gasteiger partial charge in [-0.25, -0.2) is 0 Å². The third-order valence-corrected chi connectivity index (χ3v) is 5.44. The summed E-state index contributed by atoms with van der Waals surface area (Å²) < 4.78 is 2.21. The standard InChI is InChI=1S/C21H25N3O/c1-23-14-17(18-6-2-3-8-20(18)23)15-24-12-9-16(10-13-24)21(25)19-7-4-5-11-22-19/h2-8,11,14,16,21,25H,9-10,12-13,15H2,1H3. The average molecular weight is 335 g/mol. The second-order valence-electron chi connectivity index (χ2n) is 7.10. The van der Waals surface area contributed by atoms with Gasteiger partial charge in [0.05, 0.1) is 11.8 Å². The Morgan fingerprint density at radius 3 is 2.64 bits per heavy atom. The van der Waals surface area contributed by atoms with Gasteiger partial charge in [0.1, 0.15) is 0 Å². The van der Waals surface area contributed by atoms with Crippen molar-refractivity contribution in [2.45, 2.75) is 25.5 Å². The fourth-order valence-electron chi connectivity index (χ4n) is 4.01. The van der Waals surface area contributed by atoms with E-state index < -0.39 is 6.10 Å². The van der Waals surface area contributed by atoms with Gasteiger partial charge in [-0.1, -0.05) is 24.3 Å². The summed E-state index contributed by atoms with van der Waals surface area (Å²) in [5.74, 6) is 0.304. The number of hydrogen-bond acceptors (Lipinski definition) is 3. The molecule has 0 spiro atoms. The fraction of sp³-hybridized carbons (Fsp3) is 0.381. The Balaban J connectivity index is 1.40. The molecule has 0 amide bonds. The van der Waals surface area contributed by atoms with Crippen LogP contribution in [0.1, 0.15) is 30.2 Å². The van der Waals surface area contributed by atoms with Crippen molar-refractivity contribution in [3.8, 4) is 0 Å². The predicted octanol–water partition coefficient (Wildman–Crippen LogP) is 3.52. The monoisotopic (exact) mass is 335 g/mol. The smallest absolute Gasteiger partial charge is 0.0988 e. The van der Waals surface area contributed by atoms with Crippen LogP contribution < -0.4 is 0 Å². The lowest BCUT2D eigenvalue weighted by Gasteiger charge is -2.34. The second-order valence-corrected chi connectivity index (χ2v) is 7.10. The number of likely N-dealkylation sites (tertiary alicyclic amines) is 1. The summed E-state index contributed by atoms with van der Waals surface area (Å²) in [5, 5.41) is 11.9. The molecule has 3 heterocycles. The van der Waals surface area contributed by atoms with Crippen LogP contribution in [-0.2, 0) is 13.6 Å². The quantitative estimate of drug-likeness (QED) is 0.793. The van der Waals surface area contributed by atoms with Crippen molar-refractivity contribution in [3.05, 3.63) is 66.1 Å². The van der Waals surface area contributed by atoms with Gasteiger partial charge < -0.3 is 9.67 Å². The number of pyridine rings is 1. The van der Waals surface area contributed by atoms with E-state index in [0.29, 0.717) is 5.92 Å². The highest BCUT2D eigenvalue weighted by atomic mass is 16.3. The molecule has 2 aromatic heterocycles. The van der Waals surface area contributed by atoms with E-state index in [2.05, 4.69) is 52.0 Å². The molecule has 1 aliphatic heterocycles. The number of hydrogen-bond donors (Lipinski definition) is 1. The summed E-state index contributed by atoms with van der Waals surface area (Å²) >= 11 is 0. The molecule has 0 bridgehead atoms. The van der Waals surface area contributed by atoms with Crippen LogP contribution in [0.2, 0.25) is 0 Å². The number of aryl methyl sites for hydroxylation is 1. The Morgan fingerprint density at radius 1 is 1.12 bits per heavy atom. The van der Waals surface area contributed by atoms with Crippen molar-refractivity contribution < 1.29 is 5.11 Å². The van der Waals surface area contributed by atoms with Crippen LogP contribution in [0.15, 0.2) is 54.9 Å². The van der Waals surface area contributed by atoms with Gasteiger partial charge in [0.15, 0.2) is 0 Å². The molecular weight excluding hydrogens is 310 g/mol. The van der Waals surface area contributed by atoms with Gasteiger partial charge in [0.25, 0.3) is 0 Å². The van der Waals surface area contributed by atoms with E-state index in [1.807, 2.05) is 18.2 Å². The highest BCUT2D eigenvalue weighted by Crippen LogP contribution is 2.31. The average Bonchev–Trinajstić information content (AvgIpc) is 2.98. The first-order valence-electron chi connectivity index (χ1n) is 9.06. The molecule has 3 aromatic rings. The van der Waals surface area contributed by atoms with E-state index in [4.69, 9.17) is 0 Å². The number of aromatic nitrogens is 2. The Bertz CT molecular complexity index is 835. The minimum Gasteiger partial charge on any atom is -0.387 e. The van der Waals surface area contributed by atoms with Gasteiger partial charge in [-0.15, -0.1) is 0 Å². The SMILES string of the molecule is Cn1cc(CN2CCC(C(O)c3ccccn3)CC2)c2ccccc21. The molecule has 1 fully saturated rings. The lowest BCUT2D eigenvalue weighted by atomic mass is 9.89. The number of nitrogens with zero attached hydrogens (tertiary/aromatic N) is 3. The molecule has 1 N–H and O–H groups in total. The number of aliphatic hydroxyl groups excluding tert-OH is 1. The van der Waals surface area contributed by atoms with Crippen molar-refractivity contribution in [1.29, 1.82) is 0 Å². The van der Waals surface area contributed by atoms with Crippen LogP contribution in [0.3, 0.4) is 0 Å². The third-order valence-electron chi connectivity index (χ3n) is 5.44. The number of piperidine rings is 1. The molecule has 4 nitrogen and oxygen atoms in total. The van der Waals surface area contributed by atoms with Crippen LogP contribution in [0.4, 0.5) is 0 Å². The molecule has 0 aliphatic carbocycles. The highest BCUT2D eigenvalue weighted by molar-refractivity contribution is 5.83. The molecule has 1 unspecified atom stereocenters. The molecule has 25 heavy (non-hydrogen) atoms. The maximum absolute atomic E-state index is 10.6. The minimum atomic E-state index is -0.444. The first-order chi connectivity index (χ1) is 12.2. The molecule has 130 valence electrons. The van der Waals surface area contributed by atoms with E-state index in [1.54, 1.807) is 6.20 Å². The second kappa shape index (κ2) is 6.98. The molecule has 1 aliphatic rings. The summed E-state index contributed by atoms with van der Waals surface area (Å²) in [5.41, 5.74) is 3.48. The lowest BCUT2D eigenvalue weighted by Crippen LogP contribution is -2.35. The molecule has 0 radical (unpaired) electrons. The minimum absolute atomic E-state index is 0.304. The topological polar surface area (TPSA) is 41.3 Å². The van der Waals surface area contributed by atoms with Crippen LogP contribution in [0, 0.1) is 5.92 Å². The van der Waals surface area contributed by atoms with Gasteiger partial charge in [-0.2, -0.15) is 0 Å². The van der Waals surface area contributed by atoms with E-state index >= 15 is 0 Å². The third kappa shape index (κ3) is 3.32. The Morgan fingerprint density at radius 2 is 1.88 bits per heavy atom. The molecule has 4 rings (SSSR count). The van der Waals surface area contributed by atoms with Crippen molar-refractivity contribution in [1.82, 2.24) is 14.5 Å². The Kier molecular flexibility index (Phi) is 4.55. The number of para-hydroxylation sites is 1. The predicted molar refractivity (Wildman–Crippen MR) is 100 cm³/mol. The Labute approximate surface area is 148 Å². The largest absolute Gasteiger partial charge is 0.387 e. The van der Waals surface area contributed by atoms with Crippen molar-refractivity contribution in [2.24, 2.45) is 13.0 Å². The fourth-order valence-corrected chi connectivity index (χ4v) is 4.01. The Hall–Kier alpha value is -2.17. The number of benzene rings is 1. The lowest BCUT2D eigenvalue weighted by molar-refractivity contribution is 0.0541.